The number of hydrogen-bond donors (Lipinski definition) is 0. The Morgan fingerprint density at radius 1 is 1.34 bits per heavy atom. The smallest absolute Gasteiger partial charge is 0.186 e. The van der Waals surface area contributed by atoms with Gasteiger partial charge in [-0.05, 0) is 61.3 Å². The molecule has 0 heterocycles. The highest BCUT2D eigenvalue weighted by Crippen LogP contribution is 2.68. The molecular weight excluding hydrogens is 387 g/mol. The molecule has 2 unspecified atom stereocenters. The molecule has 3 fully saturated rings. The fraction of sp³-hybridized carbons (Fsp3) is 0.708. The number of alkyl halides is 1. The van der Waals surface area contributed by atoms with E-state index < -0.39 is 28.1 Å². The Labute approximate surface area is 178 Å². The summed E-state index contributed by atoms with van der Waals surface area (Å²) in [5.74, 6) is -1.03. The van der Waals surface area contributed by atoms with Gasteiger partial charge in [0.1, 0.15) is 0 Å². The zero-order chi connectivity index (χ0) is 22.4. The first-order valence-electron chi connectivity index (χ1n) is 11.1. The quantitative estimate of drug-likeness (QED) is 0.564. The second-order valence-electron chi connectivity index (χ2n) is 10.0. The number of allylic oxidation sites excluding steroid dienone is 3. The third-order valence-corrected chi connectivity index (χ3v) is 9.83. The molecule has 4 rings (SSSR count). The van der Waals surface area contributed by atoms with Crippen LogP contribution < -0.4 is 0 Å². The van der Waals surface area contributed by atoms with Gasteiger partial charge in [-0.15, -0.1) is 0 Å². The summed E-state index contributed by atoms with van der Waals surface area (Å²) in [5, 5.41) is -1.89. The molecule has 5 heteroatoms. The summed E-state index contributed by atoms with van der Waals surface area (Å²) in [6.07, 6.45) is 1.78. The van der Waals surface area contributed by atoms with Crippen molar-refractivity contribution in [3.63, 3.8) is 0 Å². The standard InChI is InChI=1S/C24H31FO3S/c1-11-9-18(27)21(29-14(4)26)20-13(3)12(2)19-15(24(11,20)6)7-8-23(5)16(19)10-17(25)22(23)28/h9,12,15-17,19-21H,3,7-8,10H2,1-2,4-6H3/t12-,15+,16+,17+,19-,20?,21?,23+,24-/m1/s1/i21D. The second kappa shape index (κ2) is 6.63. The van der Waals surface area contributed by atoms with Crippen LogP contribution in [-0.2, 0) is 14.4 Å². The minimum atomic E-state index is -1.63. The third kappa shape index (κ3) is 2.65. The Morgan fingerprint density at radius 2 is 2.00 bits per heavy atom. The highest BCUT2D eigenvalue weighted by atomic mass is 32.2. The number of carbonyl (C=O) groups is 3. The number of Topliss-reactive ketones (excluding diaryl/α,β-unsaturated/α-hetero) is 1. The molecule has 0 N–H and O–H groups in total. The molecule has 3 saturated carbocycles. The molecule has 4 aliphatic carbocycles. The van der Waals surface area contributed by atoms with Gasteiger partial charge in [0.15, 0.2) is 22.9 Å². The Hall–Kier alpha value is -1.23. The van der Waals surface area contributed by atoms with Gasteiger partial charge in [0.2, 0.25) is 0 Å². The summed E-state index contributed by atoms with van der Waals surface area (Å²) in [6, 6.07) is 0. The maximum atomic E-state index is 14.6. The summed E-state index contributed by atoms with van der Waals surface area (Å²) in [4.78, 5) is 37.7. The van der Waals surface area contributed by atoms with Crippen molar-refractivity contribution >= 4 is 28.4 Å². The fourth-order valence-electron chi connectivity index (χ4n) is 7.25. The van der Waals surface area contributed by atoms with Gasteiger partial charge in [-0.1, -0.05) is 50.3 Å². The first-order chi connectivity index (χ1) is 13.8. The van der Waals surface area contributed by atoms with Crippen LogP contribution in [0.1, 0.15) is 55.3 Å². The van der Waals surface area contributed by atoms with Crippen LogP contribution in [0.2, 0.25) is 0 Å². The number of carbonyl (C=O) groups excluding carboxylic acids is 3. The van der Waals surface area contributed by atoms with Crippen molar-refractivity contribution in [3.05, 3.63) is 23.8 Å². The van der Waals surface area contributed by atoms with E-state index in [0.29, 0.717) is 6.42 Å². The molecule has 9 atom stereocenters. The Bertz CT molecular complexity index is 899. The number of hydrogen-bond acceptors (Lipinski definition) is 4. The van der Waals surface area contributed by atoms with Crippen LogP contribution in [0.4, 0.5) is 4.39 Å². The van der Waals surface area contributed by atoms with Gasteiger partial charge in [-0.25, -0.2) is 4.39 Å². The summed E-state index contributed by atoms with van der Waals surface area (Å²) < 4.78 is 23.7. The molecule has 0 radical (unpaired) electrons. The number of rotatable bonds is 1. The number of thioether (sulfide) groups is 1. The third-order valence-electron chi connectivity index (χ3n) is 8.89. The summed E-state index contributed by atoms with van der Waals surface area (Å²) >= 11 is 0.795. The molecule has 0 aromatic carbocycles. The van der Waals surface area contributed by atoms with E-state index in [1.165, 1.54) is 6.92 Å². The molecule has 0 spiro atoms. The first-order valence-corrected chi connectivity index (χ1v) is 11.4. The van der Waals surface area contributed by atoms with Crippen LogP contribution in [-0.4, -0.2) is 28.1 Å². The lowest BCUT2D eigenvalue weighted by molar-refractivity contribution is -0.137. The van der Waals surface area contributed by atoms with E-state index in [9.17, 15) is 18.8 Å². The van der Waals surface area contributed by atoms with Crippen molar-refractivity contribution in [1.29, 1.82) is 0 Å². The van der Waals surface area contributed by atoms with Crippen molar-refractivity contribution < 1.29 is 20.1 Å². The molecular formula is C24H31FO3S. The highest BCUT2D eigenvalue weighted by Gasteiger charge is 2.66. The van der Waals surface area contributed by atoms with Gasteiger partial charge in [0.25, 0.3) is 0 Å². The van der Waals surface area contributed by atoms with E-state index in [0.717, 1.165) is 29.3 Å². The Balaban J connectivity index is 1.88. The first kappa shape index (κ1) is 19.7. The van der Waals surface area contributed by atoms with Gasteiger partial charge in [-0.2, -0.15) is 0 Å². The molecule has 29 heavy (non-hydrogen) atoms. The van der Waals surface area contributed by atoms with Crippen LogP contribution in [0.15, 0.2) is 23.8 Å². The van der Waals surface area contributed by atoms with E-state index in [1.807, 2.05) is 13.8 Å². The Kier molecular flexibility index (Phi) is 4.51. The van der Waals surface area contributed by atoms with Crippen LogP contribution >= 0.6 is 11.8 Å². The van der Waals surface area contributed by atoms with E-state index in [2.05, 4.69) is 20.4 Å². The Morgan fingerprint density at radius 3 is 2.62 bits per heavy atom. The normalized spacial score (nSPS) is 52.3. The van der Waals surface area contributed by atoms with Crippen LogP contribution in [0.3, 0.4) is 0 Å². The number of fused-ring (bicyclic) bond motifs is 5. The summed E-state index contributed by atoms with van der Waals surface area (Å²) in [6.45, 7) is 13.8. The van der Waals surface area contributed by atoms with Crippen molar-refractivity contribution in [3.8, 4) is 0 Å². The average Bonchev–Trinajstić information content (AvgIpc) is 2.87. The fourth-order valence-corrected chi connectivity index (χ4v) is 8.23. The molecule has 4 aliphatic rings. The van der Waals surface area contributed by atoms with Crippen molar-refractivity contribution in [1.82, 2.24) is 0 Å². The predicted molar refractivity (Wildman–Crippen MR) is 113 cm³/mol. The topological polar surface area (TPSA) is 51.2 Å². The molecule has 0 saturated heterocycles. The molecule has 0 bridgehead atoms. The van der Waals surface area contributed by atoms with Gasteiger partial charge >= 0.3 is 0 Å². The maximum Gasteiger partial charge on any atom is 0.186 e. The summed E-state index contributed by atoms with van der Waals surface area (Å²) in [7, 11) is 0. The van der Waals surface area contributed by atoms with Gasteiger partial charge in [0, 0.05) is 18.3 Å². The minimum Gasteiger partial charge on any atom is -0.296 e. The molecule has 158 valence electrons. The predicted octanol–water partition coefficient (Wildman–Crippen LogP) is 4.95. The van der Waals surface area contributed by atoms with Crippen molar-refractivity contribution in [2.75, 3.05) is 0 Å². The van der Waals surface area contributed by atoms with Crippen LogP contribution in [0, 0.1) is 40.4 Å². The zero-order valence-corrected chi connectivity index (χ0v) is 18.7. The molecule has 3 nitrogen and oxygen atoms in total. The van der Waals surface area contributed by atoms with E-state index in [-0.39, 0.29) is 46.8 Å². The average molecular weight is 420 g/mol. The van der Waals surface area contributed by atoms with E-state index >= 15 is 0 Å². The molecule has 0 amide bonds. The van der Waals surface area contributed by atoms with Gasteiger partial charge in [-0.3, -0.25) is 14.4 Å². The van der Waals surface area contributed by atoms with Crippen LogP contribution in [0.25, 0.3) is 0 Å². The number of ketones is 2. The molecule has 0 aromatic heterocycles. The van der Waals surface area contributed by atoms with Crippen molar-refractivity contribution in [2.24, 2.45) is 40.4 Å². The van der Waals surface area contributed by atoms with Gasteiger partial charge in [0.05, 0.1) is 6.60 Å². The lowest BCUT2D eigenvalue weighted by Crippen LogP contribution is -2.59. The second-order valence-corrected chi connectivity index (χ2v) is 11.3. The summed E-state index contributed by atoms with van der Waals surface area (Å²) in [5.41, 5.74) is 0.539. The highest BCUT2D eigenvalue weighted by molar-refractivity contribution is 8.14. The maximum absolute atomic E-state index is 14.6. The van der Waals surface area contributed by atoms with Crippen LogP contribution in [0.5, 0.6) is 0 Å². The van der Waals surface area contributed by atoms with Gasteiger partial charge < -0.3 is 0 Å². The monoisotopic (exact) mass is 419 g/mol. The lowest BCUT2D eigenvalue weighted by Gasteiger charge is -2.63. The largest absolute Gasteiger partial charge is 0.296 e. The lowest BCUT2D eigenvalue weighted by atomic mass is 9.42. The SMILES string of the molecule is [2H]C1(SC(C)=O)C(=O)C=C(C)[C@@]2(C)C1C(=C)[C@@H](C)[C@@H]1[C@@H]2CC[C@]2(C)C(=O)[C@@H](F)C[C@@H]12. The molecule has 0 aromatic rings. The van der Waals surface area contributed by atoms with E-state index in [4.69, 9.17) is 1.37 Å². The number of halogens is 1. The minimum absolute atomic E-state index is 0.0493. The van der Waals surface area contributed by atoms with Crippen molar-refractivity contribution in [2.45, 2.75) is 65.3 Å². The van der Waals surface area contributed by atoms with E-state index in [1.54, 1.807) is 6.08 Å². The zero-order valence-electron chi connectivity index (χ0n) is 18.9. The molecule has 0 aliphatic heterocycles.